The number of fused-ring (bicyclic) bond motifs is 2. The van der Waals surface area contributed by atoms with Gasteiger partial charge in [0, 0.05) is 13.0 Å². The Morgan fingerprint density at radius 1 is 0.795 bits per heavy atom. The van der Waals surface area contributed by atoms with Crippen LogP contribution in [0.5, 0.6) is 5.75 Å². The van der Waals surface area contributed by atoms with E-state index < -0.39 is 12.1 Å². The largest absolute Gasteiger partial charge is 0.491 e. The van der Waals surface area contributed by atoms with Gasteiger partial charge in [-0.05, 0) is 70.8 Å². The highest BCUT2D eigenvalue weighted by Gasteiger charge is 2.23. The number of aliphatic carboxylic acids is 1. The zero-order valence-electron chi connectivity index (χ0n) is 23.3. The number of carbonyl (C=O) groups is 1. The molecule has 0 saturated carbocycles. The highest BCUT2D eigenvalue weighted by molar-refractivity contribution is 5.76. The van der Waals surface area contributed by atoms with E-state index in [9.17, 15) is 9.90 Å². The van der Waals surface area contributed by atoms with Gasteiger partial charge in [0.1, 0.15) is 18.5 Å². The first-order valence-electron chi connectivity index (χ1n) is 14.1. The number of carboxylic acids is 1. The molecule has 0 aromatic heterocycles. The third-order valence-corrected chi connectivity index (χ3v) is 7.01. The van der Waals surface area contributed by atoms with Crippen molar-refractivity contribution in [2.75, 3.05) is 19.8 Å². The molecule has 3 aromatic rings. The van der Waals surface area contributed by atoms with E-state index in [-0.39, 0.29) is 6.10 Å². The molecule has 3 aromatic carbocycles. The first-order valence-corrected chi connectivity index (χ1v) is 14.1. The van der Waals surface area contributed by atoms with Crippen LogP contribution < -0.4 is 4.74 Å². The zero-order chi connectivity index (χ0) is 27.6. The number of ether oxygens (including phenoxy) is 3. The van der Waals surface area contributed by atoms with E-state index in [1.807, 2.05) is 24.3 Å². The van der Waals surface area contributed by atoms with Crippen LogP contribution >= 0.6 is 0 Å². The van der Waals surface area contributed by atoms with E-state index in [1.165, 1.54) is 33.4 Å². The van der Waals surface area contributed by atoms with Gasteiger partial charge in [-0.25, -0.2) is 4.79 Å². The Hall–Kier alpha value is -3.41. The summed E-state index contributed by atoms with van der Waals surface area (Å²) in [6.07, 6.45) is 8.07. The SMILES string of the molecule is CCCc1ccc2c(c1)C=Cc1ccc(CCC)cc1C2OCCOc1ccc(CC(OCC)C(=O)O)cc1. The van der Waals surface area contributed by atoms with Crippen molar-refractivity contribution < 1.29 is 24.1 Å². The van der Waals surface area contributed by atoms with Crippen molar-refractivity contribution in [2.24, 2.45) is 0 Å². The summed E-state index contributed by atoms with van der Waals surface area (Å²) in [5.41, 5.74) is 8.36. The number of carboxylic acid groups (broad SMARTS) is 1. The van der Waals surface area contributed by atoms with Gasteiger partial charge < -0.3 is 19.3 Å². The molecule has 39 heavy (non-hydrogen) atoms. The van der Waals surface area contributed by atoms with Crippen LogP contribution in [0.2, 0.25) is 0 Å². The minimum Gasteiger partial charge on any atom is -0.491 e. The molecular weight excluding hydrogens is 488 g/mol. The van der Waals surface area contributed by atoms with Crippen LogP contribution in [-0.4, -0.2) is 37.0 Å². The highest BCUT2D eigenvalue weighted by Crippen LogP contribution is 2.37. The standard InChI is InChI=1S/C34H40O5/c1-4-7-24-12-18-30-28(21-24)15-14-27-13-9-25(8-5-2)22-31(27)33(30)39-20-19-38-29-16-10-26(11-17-29)23-32(34(35)36)37-6-3/h9-18,21-22,32-33H,4-8,19-20,23H2,1-3H3,(H,35,36). The average Bonchev–Trinajstić information content (AvgIpc) is 3.08. The van der Waals surface area contributed by atoms with Crippen molar-refractivity contribution in [3.05, 3.63) is 99.6 Å². The van der Waals surface area contributed by atoms with Gasteiger partial charge in [-0.1, -0.05) is 87.4 Å². The average molecular weight is 529 g/mol. The molecule has 1 aliphatic rings. The fourth-order valence-electron chi connectivity index (χ4n) is 5.11. The molecule has 2 unspecified atom stereocenters. The lowest BCUT2D eigenvalue weighted by atomic mass is 9.92. The van der Waals surface area contributed by atoms with Gasteiger partial charge in [-0.3, -0.25) is 0 Å². The Bertz CT molecular complexity index is 1260. The number of hydrogen-bond acceptors (Lipinski definition) is 4. The summed E-state index contributed by atoms with van der Waals surface area (Å²) < 4.78 is 17.9. The molecule has 5 heteroatoms. The Balaban J connectivity index is 1.45. The molecule has 0 spiro atoms. The quantitative estimate of drug-likeness (QED) is 0.223. The minimum atomic E-state index is -0.949. The fraction of sp³-hybridized carbons (Fsp3) is 0.382. The van der Waals surface area contributed by atoms with E-state index in [2.05, 4.69) is 62.4 Å². The van der Waals surface area contributed by atoms with Gasteiger partial charge in [0.25, 0.3) is 0 Å². The normalized spacial score (nSPS) is 14.8. The minimum absolute atomic E-state index is 0.171. The van der Waals surface area contributed by atoms with Crippen molar-refractivity contribution in [3.63, 3.8) is 0 Å². The zero-order valence-corrected chi connectivity index (χ0v) is 23.3. The second kappa shape index (κ2) is 14.1. The van der Waals surface area contributed by atoms with E-state index in [0.29, 0.717) is 26.2 Å². The van der Waals surface area contributed by atoms with Crippen LogP contribution in [-0.2, 0) is 33.5 Å². The monoisotopic (exact) mass is 528 g/mol. The number of aryl methyl sites for hydroxylation is 2. The molecule has 0 fully saturated rings. The van der Waals surface area contributed by atoms with Gasteiger partial charge in [0.05, 0.1) is 6.61 Å². The second-order valence-corrected chi connectivity index (χ2v) is 9.99. The van der Waals surface area contributed by atoms with Crippen LogP contribution in [0.15, 0.2) is 60.7 Å². The molecule has 2 atom stereocenters. The summed E-state index contributed by atoms with van der Waals surface area (Å²) in [4.78, 5) is 11.4. The van der Waals surface area contributed by atoms with E-state index >= 15 is 0 Å². The van der Waals surface area contributed by atoms with Crippen molar-refractivity contribution in [2.45, 2.75) is 65.1 Å². The van der Waals surface area contributed by atoms with Gasteiger partial charge in [0.15, 0.2) is 6.10 Å². The van der Waals surface area contributed by atoms with Crippen LogP contribution in [0.4, 0.5) is 0 Å². The second-order valence-electron chi connectivity index (χ2n) is 9.99. The smallest absolute Gasteiger partial charge is 0.333 e. The summed E-state index contributed by atoms with van der Waals surface area (Å²) in [5.74, 6) is -0.224. The maximum absolute atomic E-state index is 11.4. The third-order valence-electron chi connectivity index (χ3n) is 7.01. The molecular formula is C34H40O5. The van der Waals surface area contributed by atoms with E-state index in [1.54, 1.807) is 6.92 Å². The fourth-order valence-corrected chi connectivity index (χ4v) is 5.11. The third kappa shape index (κ3) is 7.59. The van der Waals surface area contributed by atoms with Crippen LogP contribution in [0.3, 0.4) is 0 Å². The van der Waals surface area contributed by atoms with Crippen molar-refractivity contribution in [3.8, 4) is 5.75 Å². The molecule has 0 aliphatic heterocycles. The maximum atomic E-state index is 11.4. The van der Waals surface area contributed by atoms with Gasteiger partial charge in [-0.15, -0.1) is 0 Å². The Kier molecular flexibility index (Phi) is 10.3. The predicted molar refractivity (Wildman–Crippen MR) is 156 cm³/mol. The molecule has 0 saturated heterocycles. The maximum Gasteiger partial charge on any atom is 0.333 e. The Morgan fingerprint density at radius 3 is 2.15 bits per heavy atom. The first kappa shape index (κ1) is 28.6. The molecule has 0 radical (unpaired) electrons. The Labute approximate surface area is 232 Å². The van der Waals surface area contributed by atoms with Gasteiger partial charge in [0.2, 0.25) is 0 Å². The van der Waals surface area contributed by atoms with Crippen molar-refractivity contribution in [1.82, 2.24) is 0 Å². The molecule has 1 N–H and O–H groups in total. The molecule has 0 amide bonds. The highest BCUT2D eigenvalue weighted by atomic mass is 16.5. The molecule has 0 heterocycles. The van der Waals surface area contributed by atoms with E-state index in [4.69, 9.17) is 14.2 Å². The Morgan fingerprint density at radius 2 is 1.46 bits per heavy atom. The van der Waals surface area contributed by atoms with Gasteiger partial charge >= 0.3 is 5.97 Å². The van der Waals surface area contributed by atoms with E-state index in [0.717, 1.165) is 37.0 Å². The topological polar surface area (TPSA) is 65.0 Å². The molecule has 0 bridgehead atoms. The summed E-state index contributed by atoms with van der Waals surface area (Å²) in [6.45, 7) is 7.42. The van der Waals surface area contributed by atoms with Crippen LogP contribution in [0, 0.1) is 0 Å². The molecule has 5 nitrogen and oxygen atoms in total. The van der Waals surface area contributed by atoms with Crippen LogP contribution in [0.1, 0.15) is 78.7 Å². The van der Waals surface area contributed by atoms with Crippen molar-refractivity contribution >= 4 is 18.1 Å². The molecule has 4 rings (SSSR count). The lowest BCUT2D eigenvalue weighted by molar-refractivity contribution is -0.149. The molecule has 206 valence electrons. The first-order chi connectivity index (χ1) is 19.0. The predicted octanol–water partition coefficient (Wildman–Crippen LogP) is 7.29. The summed E-state index contributed by atoms with van der Waals surface area (Å²) in [6, 6.07) is 21.0. The van der Waals surface area contributed by atoms with Gasteiger partial charge in [-0.2, -0.15) is 0 Å². The van der Waals surface area contributed by atoms with Crippen LogP contribution in [0.25, 0.3) is 12.2 Å². The lowest BCUT2D eigenvalue weighted by Crippen LogP contribution is -2.26. The number of hydrogen-bond donors (Lipinski definition) is 1. The summed E-state index contributed by atoms with van der Waals surface area (Å²) >= 11 is 0. The molecule has 1 aliphatic carbocycles. The van der Waals surface area contributed by atoms with Crippen molar-refractivity contribution in [1.29, 1.82) is 0 Å². The summed E-state index contributed by atoms with van der Waals surface area (Å²) in [7, 11) is 0. The summed E-state index contributed by atoms with van der Waals surface area (Å²) in [5, 5.41) is 9.32. The lowest BCUT2D eigenvalue weighted by Gasteiger charge is -2.22. The number of benzene rings is 3. The number of rotatable bonds is 14.